The maximum Gasteiger partial charge on any atom is 0.274 e. The molecular formula is C14H18N4O7S. The second kappa shape index (κ2) is 9.02. The largest absolute Gasteiger partial charge is 0.394 e. The van der Waals surface area contributed by atoms with Crippen molar-refractivity contribution in [2.24, 2.45) is 10.2 Å². The van der Waals surface area contributed by atoms with Crippen LogP contribution in [-0.4, -0.2) is 67.7 Å². The van der Waals surface area contributed by atoms with Crippen LogP contribution < -0.4 is 5.32 Å². The van der Waals surface area contributed by atoms with Crippen molar-refractivity contribution in [3.05, 3.63) is 39.9 Å². The van der Waals surface area contributed by atoms with Crippen molar-refractivity contribution < 1.29 is 30.1 Å². The molecule has 0 radical (unpaired) electrons. The lowest BCUT2D eigenvalue weighted by molar-refractivity contribution is -0.385. The molecule has 0 aromatic heterocycles. The normalized spacial score (nSPS) is 28.8. The van der Waals surface area contributed by atoms with E-state index in [0.29, 0.717) is 5.56 Å². The Labute approximate surface area is 153 Å². The van der Waals surface area contributed by atoms with Crippen LogP contribution in [-0.2, 0) is 11.3 Å². The summed E-state index contributed by atoms with van der Waals surface area (Å²) in [4.78, 5) is 10.4. The van der Waals surface area contributed by atoms with Gasteiger partial charge in [-0.05, 0) is 12.2 Å². The zero-order valence-electron chi connectivity index (χ0n) is 13.4. The maximum atomic E-state index is 10.9. The van der Waals surface area contributed by atoms with E-state index in [1.807, 2.05) is 0 Å². The van der Waals surface area contributed by atoms with E-state index in [4.69, 9.17) is 22.1 Å². The Morgan fingerprint density at radius 2 is 1.96 bits per heavy atom. The topological polar surface area (TPSA) is 170 Å². The standard InChI is InChI=1S/C14H18N4O7S/c19-6-9-10(20)11(21)12(22)13(25-9)16-14(26)17-15-5-7-3-1-2-4-8(7)18(23)24/h1-4,9-13,19-22H,5-6H2,(H,16,26)/t9-,10-,11+,12-,13-/m1/s1. The van der Waals surface area contributed by atoms with Crippen molar-refractivity contribution >= 4 is 23.0 Å². The number of azo groups is 1. The first-order valence-corrected chi connectivity index (χ1v) is 7.96. The molecule has 5 N–H and O–H groups in total. The zero-order valence-corrected chi connectivity index (χ0v) is 14.2. The summed E-state index contributed by atoms with van der Waals surface area (Å²) < 4.78 is 5.22. The van der Waals surface area contributed by atoms with Crippen molar-refractivity contribution in [2.75, 3.05) is 6.61 Å². The van der Waals surface area contributed by atoms with Gasteiger partial charge >= 0.3 is 0 Å². The van der Waals surface area contributed by atoms with Gasteiger partial charge in [-0.2, -0.15) is 5.11 Å². The Kier molecular flexibility index (Phi) is 7.02. The second-order valence-corrected chi connectivity index (χ2v) is 5.87. The molecule has 0 saturated carbocycles. The van der Waals surface area contributed by atoms with E-state index in [2.05, 4.69) is 15.5 Å². The quantitative estimate of drug-likeness (QED) is 0.188. The SMILES string of the molecule is O=[N+]([O-])c1ccccc1CN=NC(=S)N[C@@H]1O[C@H](CO)[C@@H](O)[C@H](O)[C@H]1O. The number of nitrogens with zero attached hydrogens (tertiary/aromatic N) is 3. The van der Waals surface area contributed by atoms with Crippen LogP contribution in [0.4, 0.5) is 5.69 Å². The highest BCUT2D eigenvalue weighted by Crippen LogP contribution is 2.20. The molecule has 0 bridgehead atoms. The van der Waals surface area contributed by atoms with Gasteiger partial charge in [0, 0.05) is 6.07 Å². The van der Waals surface area contributed by atoms with E-state index in [9.17, 15) is 25.4 Å². The molecule has 1 aliphatic rings. The van der Waals surface area contributed by atoms with Crippen LogP contribution in [0.2, 0.25) is 0 Å². The molecule has 1 aliphatic heterocycles. The number of aliphatic hydroxyl groups excluding tert-OH is 4. The lowest BCUT2D eigenvalue weighted by atomic mass is 9.98. The molecule has 0 amide bonds. The van der Waals surface area contributed by atoms with Crippen molar-refractivity contribution in [2.45, 2.75) is 37.2 Å². The molecule has 2 rings (SSSR count). The summed E-state index contributed by atoms with van der Waals surface area (Å²) in [6.07, 6.45) is -6.86. The number of hydrogen-bond donors (Lipinski definition) is 5. The van der Waals surface area contributed by atoms with Gasteiger partial charge in [0.2, 0.25) is 5.11 Å². The summed E-state index contributed by atoms with van der Waals surface area (Å²) in [5.74, 6) is 0. The van der Waals surface area contributed by atoms with E-state index in [1.165, 1.54) is 18.2 Å². The van der Waals surface area contributed by atoms with Crippen LogP contribution in [0.25, 0.3) is 0 Å². The lowest BCUT2D eigenvalue weighted by Crippen LogP contribution is -2.62. The fourth-order valence-electron chi connectivity index (χ4n) is 2.37. The minimum Gasteiger partial charge on any atom is -0.394 e. The fourth-order valence-corrected chi connectivity index (χ4v) is 2.54. The van der Waals surface area contributed by atoms with Gasteiger partial charge in [-0.15, -0.1) is 5.11 Å². The molecule has 12 heteroatoms. The number of benzene rings is 1. The van der Waals surface area contributed by atoms with Gasteiger partial charge < -0.3 is 30.5 Å². The van der Waals surface area contributed by atoms with E-state index >= 15 is 0 Å². The van der Waals surface area contributed by atoms with Gasteiger partial charge in [0.05, 0.1) is 23.6 Å². The highest BCUT2D eigenvalue weighted by atomic mass is 32.1. The van der Waals surface area contributed by atoms with Crippen molar-refractivity contribution in [3.63, 3.8) is 0 Å². The van der Waals surface area contributed by atoms with Crippen molar-refractivity contribution in [1.29, 1.82) is 0 Å². The van der Waals surface area contributed by atoms with Crippen molar-refractivity contribution in [3.8, 4) is 0 Å². The smallest absolute Gasteiger partial charge is 0.274 e. The van der Waals surface area contributed by atoms with Gasteiger partial charge in [-0.3, -0.25) is 10.1 Å². The first kappa shape index (κ1) is 20.2. The average Bonchev–Trinajstić information content (AvgIpc) is 2.62. The van der Waals surface area contributed by atoms with Gasteiger partial charge in [0.25, 0.3) is 5.69 Å². The molecule has 1 aromatic rings. The Balaban J connectivity index is 1.96. The van der Waals surface area contributed by atoms with Crippen LogP contribution in [0.5, 0.6) is 0 Å². The predicted octanol–water partition coefficient (Wildman–Crippen LogP) is -0.779. The molecule has 5 atom stereocenters. The number of thiocarbonyl (C=S) groups is 1. The molecule has 142 valence electrons. The van der Waals surface area contributed by atoms with Crippen LogP contribution in [0, 0.1) is 10.1 Å². The molecule has 11 nitrogen and oxygen atoms in total. The average molecular weight is 386 g/mol. The van der Waals surface area contributed by atoms with E-state index in [-0.39, 0.29) is 17.3 Å². The number of aliphatic hydroxyl groups is 4. The monoisotopic (exact) mass is 386 g/mol. The van der Waals surface area contributed by atoms with Crippen LogP contribution in [0.15, 0.2) is 34.5 Å². The summed E-state index contributed by atoms with van der Waals surface area (Å²) in [5, 5.41) is 59.0. The summed E-state index contributed by atoms with van der Waals surface area (Å²) in [7, 11) is 0. The predicted molar refractivity (Wildman–Crippen MR) is 91.2 cm³/mol. The highest BCUT2D eigenvalue weighted by molar-refractivity contribution is 7.80. The molecule has 0 spiro atoms. The summed E-state index contributed by atoms with van der Waals surface area (Å²) in [6.45, 7) is -0.664. The molecule has 0 unspecified atom stereocenters. The lowest BCUT2D eigenvalue weighted by Gasteiger charge is -2.40. The van der Waals surface area contributed by atoms with Crippen LogP contribution in [0.1, 0.15) is 5.56 Å². The Bertz CT molecular complexity index is 687. The molecule has 1 aromatic carbocycles. The Morgan fingerprint density at radius 3 is 2.62 bits per heavy atom. The minimum atomic E-state index is -1.55. The highest BCUT2D eigenvalue weighted by Gasteiger charge is 2.43. The Morgan fingerprint density at radius 1 is 1.27 bits per heavy atom. The first-order valence-electron chi connectivity index (χ1n) is 7.56. The number of hydrogen-bond acceptors (Lipinski definition) is 9. The molecule has 1 fully saturated rings. The van der Waals surface area contributed by atoms with E-state index in [1.54, 1.807) is 6.07 Å². The molecule has 1 heterocycles. The third-order valence-corrected chi connectivity index (χ3v) is 3.95. The number of rotatable bonds is 5. The Hall–Kier alpha value is -2.09. The fraction of sp³-hybridized carbons (Fsp3) is 0.500. The van der Waals surface area contributed by atoms with Gasteiger partial charge in [-0.1, -0.05) is 18.2 Å². The molecular weight excluding hydrogens is 368 g/mol. The third kappa shape index (κ3) is 4.75. The summed E-state index contributed by atoms with van der Waals surface area (Å²) in [5.41, 5.74) is 0.246. The molecule has 1 saturated heterocycles. The summed E-state index contributed by atoms with van der Waals surface area (Å²) in [6, 6.07) is 6.03. The number of ether oxygens (including phenoxy) is 1. The first-order chi connectivity index (χ1) is 12.3. The van der Waals surface area contributed by atoms with Crippen LogP contribution in [0.3, 0.4) is 0 Å². The van der Waals surface area contributed by atoms with E-state index < -0.39 is 42.2 Å². The zero-order chi connectivity index (χ0) is 19.3. The third-order valence-electron chi connectivity index (χ3n) is 3.75. The van der Waals surface area contributed by atoms with Gasteiger partial charge in [0.15, 0.2) is 6.23 Å². The summed E-state index contributed by atoms with van der Waals surface area (Å²) >= 11 is 4.93. The molecule has 26 heavy (non-hydrogen) atoms. The van der Waals surface area contributed by atoms with E-state index in [0.717, 1.165) is 0 Å². The maximum absolute atomic E-state index is 10.9. The van der Waals surface area contributed by atoms with Gasteiger partial charge in [-0.25, -0.2) is 0 Å². The number of nitro benzene ring substituents is 1. The van der Waals surface area contributed by atoms with Crippen LogP contribution >= 0.6 is 12.2 Å². The minimum absolute atomic E-state index is 0.0896. The number of nitrogens with one attached hydrogen (secondary N) is 1. The van der Waals surface area contributed by atoms with Crippen molar-refractivity contribution in [1.82, 2.24) is 5.32 Å². The number of nitro groups is 1. The van der Waals surface area contributed by atoms with Gasteiger partial charge in [0.1, 0.15) is 24.4 Å². The second-order valence-electron chi connectivity index (χ2n) is 5.48. The number of para-hydroxylation sites is 1. The molecule has 0 aliphatic carbocycles.